The number of carbonyl (C=O) groups is 2. The minimum atomic E-state index is -0.523. The molecule has 23 heavy (non-hydrogen) atoms. The van der Waals surface area contributed by atoms with E-state index in [4.69, 9.17) is 0 Å². The molecule has 1 atom stereocenters. The summed E-state index contributed by atoms with van der Waals surface area (Å²) in [6.07, 6.45) is 0.426. The van der Waals surface area contributed by atoms with Gasteiger partial charge >= 0.3 is 0 Å². The van der Waals surface area contributed by atoms with Crippen LogP contribution in [0, 0.1) is 16.0 Å². The van der Waals surface area contributed by atoms with Crippen molar-refractivity contribution in [3.05, 3.63) is 34.4 Å². The number of nitro groups is 1. The normalized spacial score (nSPS) is 18.4. The van der Waals surface area contributed by atoms with E-state index in [0.717, 1.165) is 0 Å². The van der Waals surface area contributed by atoms with Crippen LogP contribution in [-0.2, 0) is 9.59 Å². The van der Waals surface area contributed by atoms with Crippen LogP contribution >= 0.6 is 0 Å². The summed E-state index contributed by atoms with van der Waals surface area (Å²) in [7, 11) is 0. The van der Waals surface area contributed by atoms with E-state index in [2.05, 4.69) is 0 Å². The molecule has 1 aliphatic heterocycles. The van der Waals surface area contributed by atoms with Crippen molar-refractivity contribution in [1.29, 1.82) is 0 Å². The van der Waals surface area contributed by atoms with Gasteiger partial charge in [-0.15, -0.1) is 0 Å². The van der Waals surface area contributed by atoms with Crippen LogP contribution in [0.15, 0.2) is 24.3 Å². The second kappa shape index (κ2) is 6.76. The third-order valence-electron chi connectivity index (χ3n) is 3.93. The molecule has 0 bridgehead atoms. The summed E-state index contributed by atoms with van der Waals surface area (Å²) in [6, 6.07) is 5.36. The number of anilines is 1. The van der Waals surface area contributed by atoms with E-state index in [1.807, 2.05) is 13.8 Å². The lowest BCUT2D eigenvalue weighted by Gasteiger charge is -2.39. The number of piperazine rings is 1. The molecule has 124 valence electrons. The highest BCUT2D eigenvalue weighted by Gasteiger charge is 2.34. The van der Waals surface area contributed by atoms with E-state index >= 15 is 0 Å². The highest BCUT2D eigenvalue weighted by atomic mass is 16.6. The molecule has 1 aromatic carbocycles. The predicted molar refractivity (Wildman–Crippen MR) is 86.1 cm³/mol. The zero-order valence-corrected chi connectivity index (χ0v) is 13.6. The second-order valence-corrected chi connectivity index (χ2v) is 6.12. The van der Waals surface area contributed by atoms with E-state index in [0.29, 0.717) is 25.2 Å². The molecule has 0 N–H and O–H groups in total. The Balaban J connectivity index is 2.12. The Bertz CT molecular complexity index is 612. The maximum atomic E-state index is 12.5. The molecule has 0 spiro atoms. The first-order valence-corrected chi connectivity index (χ1v) is 7.66. The standard InChI is InChI=1S/C16H21N3O4/c1-11(2)10-15(20)17-8-9-18(16(21)12(17)3)13-4-6-14(7-5-13)19(22)23/h4-7,11-12H,8-10H2,1-3H3. The van der Waals surface area contributed by atoms with Gasteiger partial charge in [0.2, 0.25) is 11.8 Å². The molecule has 1 aromatic rings. The summed E-state index contributed by atoms with van der Waals surface area (Å²) in [4.78, 5) is 38.2. The van der Waals surface area contributed by atoms with Crippen molar-refractivity contribution in [2.45, 2.75) is 33.2 Å². The van der Waals surface area contributed by atoms with Crippen molar-refractivity contribution in [2.75, 3.05) is 18.0 Å². The summed E-state index contributed by atoms with van der Waals surface area (Å²) in [5.74, 6) is 0.0731. The van der Waals surface area contributed by atoms with E-state index in [9.17, 15) is 19.7 Å². The monoisotopic (exact) mass is 319 g/mol. The Morgan fingerprint density at radius 1 is 1.30 bits per heavy atom. The van der Waals surface area contributed by atoms with Gasteiger partial charge in [-0.3, -0.25) is 19.7 Å². The molecule has 0 aliphatic carbocycles. The lowest BCUT2D eigenvalue weighted by atomic mass is 10.1. The van der Waals surface area contributed by atoms with Crippen molar-refractivity contribution in [2.24, 2.45) is 5.92 Å². The summed E-state index contributed by atoms with van der Waals surface area (Å²) < 4.78 is 0. The minimum Gasteiger partial charge on any atom is -0.329 e. The maximum Gasteiger partial charge on any atom is 0.269 e. The first-order valence-electron chi connectivity index (χ1n) is 7.66. The molecular weight excluding hydrogens is 298 g/mol. The number of carbonyl (C=O) groups excluding carboxylic acids is 2. The van der Waals surface area contributed by atoms with Gasteiger partial charge in [0.1, 0.15) is 6.04 Å². The molecular formula is C16H21N3O4. The van der Waals surface area contributed by atoms with E-state index in [-0.39, 0.29) is 23.4 Å². The fourth-order valence-corrected chi connectivity index (χ4v) is 2.69. The topological polar surface area (TPSA) is 83.8 Å². The largest absolute Gasteiger partial charge is 0.329 e. The van der Waals surface area contributed by atoms with Crippen LogP contribution in [0.4, 0.5) is 11.4 Å². The smallest absolute Gasteiger partial charge is 0.269 e. The molecule has 7 heteroatoms. The molecule has 1 unspecified atom stereocenters. The van der Waals surface area contributed by atoms with Gasteiger partial charge in [0.25, 0.3) is 5.69 Å². The van der Waals surface area contributed by atoms with Gasteiger partial charge in [0, 0.05) is 37.3 Å². The molecule has 0 radical (unpaired) electrons. The first-order chi connectivity index (χ1) is 10.8. The average molecular weight is 319 g/mol. The summed E-state index contributed by atoms with van der Waals surface area (Å²) in [5, 5.41) is 10.7. The molecule has 0 saturated carbocycles. The summed E-state index contributed by atoms with van der Waals surface area (Å²) in [6.45, 7) is 6.52. The fourth-order valence-electron chi connectivity index (χ4n) is 2.69. The van der Waals surface area contributed by atoms with Crippen LogP contribution in [0.3, 0.4) is 0 Å². The van der Waals surface area contributed by atoms with Crippen LogP contribution in [0.5, 0.6) is 0 Å². The second-order valence-electron chi connectivity index (χ2n) is 6.12. The van der Waals surface area contributed by atoms with Crippen molar-refractivity contribution >= 4 is 23.2 Å². The zero-order valence-electron chi connectivity index (χ0n) is 13.6. The number of hydrogen-bond acceptors (Lipinski definition) is 4. The zero-order chi connectivity index (χ0) is 17.1. The number of nitrogens with zero attached hydrogens (tertiary/aromatic N) is 3. The van der Waals surface area contributed by atoms with E-state index < -0.39 is 11.0 Å². The number of nitro benzene ring substituents is 1. The summed E-state index contributed by atoms with van der Waals surface area (Å²) in [5.41, 5.74) is 0.600. The quantitative estimate of drug-likeness (QED) is 0.629. The minimum absolute atomic E-state index is 0.0100. The van der Waals surface area contributed by atoms with Crippen molar-refractivity contribution in [3.63, 3.8) is 0 Å². The third kappa shape index (κ3) is 3.67. The van der Waals surface area contributed by atoms with Crippen molar-refractivity contribution < 1.29 is 14.5 Å². The Hall–Kier alpha value is -2.44. The van der Waals surface area contributed by atoms with Gasteiger partial charge in [-0.05, 0) is 25.0 Å². The first kappa shape index (κ1) is 16.9. The van der Waals surface area contributed by atoms with Gasteiger partial charge in [-0.1, -0.05) is 13.8 Å². The van der Waals surface area contributed by atoms with Gasteiger partial charge in [0.15, 0.2) is 0 Å². The lowest BCUT2D eigenvalue weighted by molar-refractivity contribution is -0.384. The van der Waals surface area contributed by atoms with E-state index in [1.54, 1.807) is 28.9 Å². The lowest BCUT2D eigenvalue weighted by Crippen LogP contribution is -2.57. The number of non-ortho nitro benzene ring substituents is 1. The number of rotatable bonds is 4. The Labute approximate surface area is 135 Å². The SMILES string of the molecule is CC(C)CC(=O)N1CCN(c2ccc([N+](=O)[O-])cc2)C(=O)C1C. The van der Waals surface area contributed by atoms with Crippen LogP contribution in [0.25, 0.3) is 0 Å². The molecule has 2 rings (SSSR count). The molecule has 1 fully saturated rings. The van der Waals surface area contributed by atoms with E-state index in [1.165, 1.54) is 12.1 Å². The molecule has 1 aliphatic rings. The van der Waals surface area contributed by atoms with Gasteiger partial charge < -0.3 is 9.80 Å². The highest BCUT2D eigenvalue weighted by molar-refractivity contribution is 6.00. The van der Waals surface area contributed by atoms with Gasteiger partial charge in [-0.25, -0.2) is 0 Å². The highest BCUT2D eigenvalue weighted by Crippen LogP contribution is 2.23. The average Bonchev–Trinajstić information content (AvgIpc) is 2.49. The number of benzene rings is 1. The summed E-state index contributed by atoms with van der Waals surface area (Å²) >= 11 is 0. The predicted octanol–water partition coefficient (Wildman–Crippen LogP) is 2.20. The Morgan fingerprint density at radius 2 is 1.91 bits per heavy atom. The van der Waals surface area contributed by atoms with Gasteiger partial charge in [-0.2, -0.15) is 0 Å². The van der Waals surface area contributed by atoms with Crippen molar-refractivity contribution in [3.8, 4) is 0 Å². The molecule has 1 saturated heterocycles. The number of amides is 2. The van der Waals surface area contributed by atoms with Crippen LogP contribution in [0.2, 0.25) is 0 Å². The Kier molecular flexibility index (Phi) is 4.98. The number of hydrogen-bond donors (Lipinski definition) is 0. The molecule has 2 amide bonds. The molecule has 7 nitrogen and oxygen atoms in total. The van der Waals surface area contributed by atoms with Crippen molar-refractivity contribution in [1.82, 2.24) is 4.90 Å². The van der Waals surface area contributed by atoms with Crippen LogP contribution in [0.1, 0.15) is 27.2 Å². The maximum absolute atomic E-state index is 12.5. The van der Waals surface area contributed by atoms with Crippen LogP contribution < -0.4 is 4.90 Å². The third-order valence-corrected chi connectivity index (χ3v) is 3.93. The molecule has 0 aromatic heterocycles. The fraction of sp³-hybridized carbons (Fsp3) is 0.500. The Morgan fingerprint density at radius 3 is 2.43 bits per heavy atom. The van der Waals surface area contributed by atoms with Gasteiger partial charge in [0.05, 0.1) is 4.92 Å². The molecule has 1 heterocycles. The van der Waals surface area contributed by atoms with Crippen LogP contribution in [-0.4, -0.2) is 40.8 Å².